The molecule has 0 unspecified atom stereocenters. The van der Waals surface area contributed by atoms with E-state index in [1.807, 2.05) is 0 Å². The van der Waals surface area contributed by atoms with Gasteiger partial charge in [-0.2, -0.15) is 5.10 Å². The first-order valence-electron chi connectivity index (χ1n) is 4.76. The predicted molar refractivity (Wildman–Crippen MR) is 61.9 cm³/mol. The van der Waals surface area contributed by atoms with Gasteiger partial charge in [-0.3, -0.25) is 0 Å². The summed E-state index contributed by atoms with van der Waals surface area (Å²) < 4.78 is 15.5. The third kappa shape index (κ3) is 2.15. The molecule has 0 spiro atoms. The molecule has 1 heterocycles. The third-order valence-corrected chi connectivity index (χ3v) is 2.65. The van der Waals surface area contributed by atoms with E-state index in [4.69, 9.17) is 0 Å². The first-order chi connectivity index (χ1) is 7.58. The van der Waals surface area contributed by atoms with E-state index in [-0.39, 0.29) is 5.82 Å². The van der Waals surface area contributed by atoms with E-state index < -0.39 is 6.10 Å². The molecule has 0 aliphatic heterocycles. The lowest BCUT2D eigenvalue weighted by Crippen LogP contribution is -2.03. The van der Waals surface area contributed by atoms with Gasteiger partial charge in [-0.15, -0.1) is 0 Å². The monoisotopic (exact) mass is 284 g/mol. The summed E-state index contributed by atoms with van der Waals surface area (Å²) in [4.78, 5) is 0. The van der Waals surface area contributed by atoms with E-state index in [2.05, 4.69) is 21.0 Å². The Morgan fingerprint density at radius 1 is 1.50 bits per heavy atom. The van der Waals surface area contributed by atoms with Crippen molar-refractivity contribution >= 4 is 15.9 Å². The fraction of sp³-hybridized carbons (Fsp3) is 0.182. The highest BCUT2D eigenvalue weighted by Gasteiger charge is 2.11. The fourth-order valence-corrected chi connectivity index (χ4v) is 1.79. The Kier molecular flexibility index (Phi) is 3.07. The van der Waals surface area contributed by atoms with Crippen LogP contribution in [0.15, 0.2) is 35.1 Å². The van der Waals surface area contributed by atoms with Crippen molar-refractivity contribution in [2.24, 2.45) is 0 Å². The summed E-state index contributed by atoms with van der Waals surface area (Å²) in [5.41, 5.74) is 1.18. The fourth-order valence-electron chi connectivity index (χ4n) is 1.50. The summed E-state index contributed by atoms with van der Waals surface area (Å²) in [6.07, 6.45) is 2.64. The number of rotatable bonds is 2. The van der Waals surface area contributed by atoms with E-state index in [1.165, 1.54) is 12.1 Å². The number of aliphatic hydroxyl groups is 1. The van der Waals surface area contributed by atoms with Crippen LogP contribution >= 0.6 is 15.9 Å². The molecule has 1 atom stereocenters. The molecule has 0 radical (unpaired) electrons. The van der Waals surface area contributed by atoms with Crippen molar-refractivity contribution in [2.75, 3.05) is 0 Å². The minimum atomic E-state index is -0.742. The molecule has 2 aromatic rings. The van der Waals surface area contributed by atoms with Gasteiger partial charge < -0.3 is 5.11 Å². The molecule has 0 fully saturated rings. The SMILES string of the molecule is C[C@@H](O)c1cc(F)ccc1-n1cc(Br)cn1. The summed E-state index contributed by atoms with van der Waals surface area (Å²) in [6, 6.07) is 4.25. The lowest BCUT2D eigenvalue weighted by Gasteiger charge is -2.11. The maximum atomic E-state index is 13.1. The molecule has 16 heavy (non-hydrogen) atoms. The van der Waals surface area contributed by atoms with E-state index in [1.54, 1.807) is 30.1 Å². The Bertz CT molecular complexity index is 510. The van der Waals surface area contributed by atoms with Gasteiger partial charge in [0.05, 0.1) is 22.5 Å². The molecule has 0 amide bonds. The van der Waals surface area contributed by atoms with Crippen molar-refractivity contribution < 1.29 is 9.50 Å². The van der Waals surface area contributed by atoms with Gasteiger partial charge in [0.2, 0.25) is 0 Å². The van der Waals surface area contributed by atoms with Gasteiger partial charge in [-0.1, -0.05) is 0 Å². The van der Waals surface area contributed by atoms with Crippen LogP contribution in [0.5, 0.6) is 0 Å². The van der Waals surface area contributed by atoms with E-state index >= 15 is 0 Å². The molecule has 84 valence electrons. The number of hydrogen-bond donors (Lipinski definition) is 1. The molecule has 0 saturated carbocycles. The first kappa shape index (κ1) is 11.3. The largest absolute Gasteiger partial charge is 0.389 e. The zero-order valence-corrected chi connectivity index (χ0v) is 10.1. The molecule has 0 aliphatic carbocycles. The van der Waals surface area contributed by atoms with Gasteiger partial charge in [0, 0.05) is 11.8 Å². The lowest BCUT2D eigenvalue weighted by molar-refractivity contribution is 0.198. The summed E-state index contributed by atoms with van der Waals surface area (Å²) in [7, 11) is 0. The predicted octanol–water partition coefficient (Wildman–Crippen LogP) is 2.83. The summed E-state index contributed by atoms with van der Waals surface area (Å²) >= 11 is 3.29. The molecule has 1 aromatic carbocycles. The number of aromatic nitrogens is 2. The molecule has 3 nitrogen and oxygen atoms in total. The van der Waals surface area contributed by atoms with Crippen LogP contribution in [0, 0.1) is 5.82 Å². The third-order valence-electron chi connectivity index (χ3n) is 2.24. The quantitative estimate of drug-likeness (QED) is 0.921. The minimum Gasteiger partial charge on any atom is -0.389 e. The normalized spacial score (nSPS) is 12.8. The number of benzene rings is 1. The van der Waals surface area contributed by atoms with Crippen molar-refractivity contribution in [2.45, 2.75) is 13.0 Å². The van der Waals surface area contributed by atoms with Crippen LogP contribution in [-0.4, -0.2) is 14.9 Å². The number of halogens is 2. The molecule has 0 saturated heterocycles. The van der Waals surface area contributed by atoms with Gasteiger partial charge in [0.1, 0.15) is 5.82 Å². The second kappa shape index (κ2) is 4.35. The van der Waals surface area contributed by atoms with Crippen LogP contribution in [0.2, 0.25) is 0 Å². The Morgan fingerprint density at radius 2 is 2.25 bits per heavy atom. The van der Waals surface area contributed by atoms with Gasteiger partial charge >= 0.3 is 0 Å². The topological polar surface area (TPSA) is 38.0 Å². The second-order valence-corrected chi connectivity index (χ2v) is 4.40. The highest BCUT2D eigenvalue weighted by atomic mass is 79.9. The molecule has 2 rings (SSSR count). The van der Waals surface area contributed by atoms with E-state index in [9.17, 15) is 9.50 Å². The Balaban J connectivity index is 2.56. The summed E-state index contributed by atoms with van der Waals surface area (Å²) in [6.45, 7) is 1.59. The molecular formula is C11H10BrFN2O. The van der Waals surface area contributed by atoms with Crippen LogP contribution < -0.4 is 0 Å². The van der Waals surface area contributed by atoms with Gasteiger partial charge in [-0.05, 0) is 41.1 Å². The zero-order valence-electron chi connectivity index (χ0n) is 8.56. The average Bonchev–Trinajstić information content (AvgIpc) is 2.64. The molecule has 1 N–H and O–H groups in total. The second-order valence-electron chi connectivity index (χ2n) is 3.48. The van der Waals surface area contributed by atoms with Crippen LogP contribution in [-0.2, 0) is 0 Å². The molecule has 0 bridgehead atoms. The Hall–Kier alpha value is -1.20. The first-order valence-corrected chi connectivity index (χ1v) is 5.55. The van der Waals surface area contributed by atoms with Crippen LogP contribution in [0.1, 0.15) is 18.6 Å². The van der Waals surface area contributed by atoms with Gasteiger partial charge in [0.25, 0.3) is 0 Å². The van der Waals surface area contributed by atoms with Crippen molar-refractivity contribution in [3.63, 3.8) is 0 Å². The van der Waals surface area contributed by atoms with E-state index in [0.717, 1.165) is 4.47 Å². The molecule has 5 heteroatoms. The summed E-state index contributed by atoms with van der Waals surface area (Å²) in [5, 5.41) is 13.7. The van der Waals surface area contributed by atoms with Gasteiger partial charge in [0.15, 0.2) is 0 Å². The van der Waals surface area contributed by atoms with Gasteiger partial charge in [-0.25, -0.2) is 9.07 Å². The molecule has 0 aliphatic rings. The van der Waals surface area contributed by atoms with Crippen LogP contribution in [0.25, 0.3) is 5.69 Å². The Labute approximate surface area is 101 Å². The van der Waals surface area contributed by atoms with Crippen LogP contribution in [0.4, 0.5) is 4.39 Å². The zero-order chi connectivity index (χ0) is 11.7. The van der Waals surface area contributed by atoms with E-state index in [0.29, 0.717) is 11.3 Å². The highest BCUT2D eigenvalue weighted by molar-refractivity contribution is 9.10. The smallest absolute Gasteiger partial charge is 0.123 e. The van der Waals surface area contributed by atoms with Crippen molar-refractivity contribution in [1.29, 1.82) is 0 Å². The Morgan fingerprint density at radius 3 is 2.81 bits per heavy atom. The van der Waals surface area contributed by atoms with Crippen molar-refractivity contribution in [3.05, 3.63) is 46.4 Å². The minimum absolute atomic E-state index is 0.370. The number of aliphatic hydroxyl groups excluding tert-OH is 1. The number of nitrogens with zero attached hydrogens (tertiary/aromatic N) is 2. The highest BCUT2D eigenvalue weighted by Crippen LogP contribution is 2.23. The van der Waals surface area contributed by atoms with Crippen molar-refractivity contribution in [3.8, 4) is 5.69 Å². The van der Waals surface area contributed by atoms with Crippen LogP contribution in [0.3, 0.4) is 0 Å². The lowest BCUT2D eigenvalue weighted by atomic mass is 10.1. The maximum Gasteiger partial charge on any atom is 0.123 e. The summed E-state index contributed by atoms with van der Waals surface area (Å²) in [5.74, 6) is -0.370. The standard InChI is InChI=1S/C11H10BrFN2O/c1-7(16)10-4-9(13)2-3-11(10)15-6-8(12)5-14-15/h2-7,16H,1H3/t7-/m1/s1. The number of hydrogen-bond acceptors (Lipinski definition) is 2. The van der Waals surface area contributed by atoms with Crippen molar-refractivity contribution in [1.82, 2.24) is 9.78 Å². The molecular weight excluding hydrogens is 275 g/mol. The molecule has 1 aromatic heterocycles. The average molecular weight is 285 g/mol. The maximum absolute atomic E-state index is 13.1.